The molecule has 0 saturated carbocycles. The molecule has 3 aliphatic rings. The fourth-order valence-corrected chi connectivity index (χ4v) is 7.76. The molecule has 7 nitrogen and oxygen atoms in total. The molecular weight excluding hydrogens is 464 g/mol. The summed E-state index contributed by atoms with van der Waals surface area (Å²) in [6.45, 7) is 0.356. The predicted molar refractivity (Wildman–Crippen MR) is 131 cm³/mol. The third-order valence-electron chi connectivity index (χ3n) is 7.64. The normalized spacial score (nSPS) is 23.6. The van der Waals surface area contributed by atoms with Crippen LogP contribution in [0.15, 0.2) is 59.5 Å². The van der Waals surface area contributed by atoms with E-state index in [2.05, 4.69) is 0 Å². The molecule has 2 fully saturated rings. The molecule has 2 unspecified atom stereocenters. The van der Waals surface area contributed by atoms with Gasteiger partial charge in [0.2, 0.25) is 5.91 Å². The lowest BCUT2D eigenvalue weighted by Crippen LogP contribution is -2.49. The first-order valence-corrected chi connectivity index (χ1v) is 14.0. The van der Waals surface area contributed by atoms with E-state index in [9.17, 15) is 22.8 Å². The zero-order chi connectivity index (χ0) is 24.6. The number of carbonyl (C=O) groups is 3. The van der Waals surface area contributed by atoms with E-state index in [0.29, 0.717) is 54.7 Å². The topological polar surface area (TPSA) is 91.8 Å². The highest BCUT2D eigenvalue weighted by atomic mass is 32.2. The fourth-order valence-electron chi connectivity index (χ4n) is 5.88. The summed E-state index contributed by atoms with van der Waals surface area (Å²) in [7, 11) is -3.40. The number of nitrogens with zero attached hydrogens (tertiary/aromatic N) is 2. The summed E-state index contributed by atoms with van der Waals surface area (Å²) in [5, 5.41) is -0.439. The van der Waals surface area contributed by atoms with Crippen molar-refractivity contribution in [2.24, 2.45) is 0 Å². The minimum absolute atomic E-state index is 0.0110. The Bertz CT molecular complexity index is 1190. The van der Waals surface area contributed by atoms with Gasteiger partial charge in [0.1, 0.15) is 0 Å². The molecule has 2 saturated heterocycles. The van der Waals surface area contributed by atoms with E-state index in [1.54, 1.807) is 48.5 Å². The van der Waals surface area contributed by atoms with Crippen molar-refractivity contribution in [2.75, 3.05) is 6.54 Å². The highest BCUT2D eigenvalue weighted by Gasteiger charge is 2.46. The first-order valence-electron chi connectivity index (χ1n) is 12.4. The van der Waals surface area contributed by atoms with E-state index >= 15 is 0 Å². The van der Waals surface area contributed by atoms with Gasteiger partial charge in [-0.25, -0.2) is 8.42 Å². The van der Waals surface area contributed by atoms with Gasteiger partial charge >= 0.3 is 0 Å². The molecular formula is C27H30N2O5S. The van der Waals surface area contributed by atoms with E-state index in [4.69, 9.17) is 0 Å². The molecule has 3 aliphatic heterocycles. The number of carbonyl (C=O) groups excluding carboxylic acids is 3. The first kappa shape index (κ1) is 23.7. The lowest BCUT2D eigenvalue weighted by atomic mass is 10.0. The van der Waals surface area contributed by atoms with E-state index in [1.807, 2.05) is 11.0 Å². The number of unbranched alkanes of at least 4 members (excludes halogenated alkanes) is 2. The molecule has 2 bridgehead atoms. The van der Waals surface area contributed by atoms with Crippen molar-refractivity contribution in [3.8, 4) is 0 Å². The molecule has 3 amide bonds. The van der Waals surface area contributed by atoms with Crippen molar-refractivity contribution in [1.29, 1.82) is 0 Å². The smallest absolute Gasteiger partial charge is 0.261 e. The molecule has 2 atom stereocenters. The maximum absolute atomic E-state index is 13.1. The van der Waals surface area contributed by atoms with Crippen LogP contribution < -0.4 is 0 Å². The second-order valence-electron chi connectivity index (χ2n) is 9.76. The highest BCUT2D eigenvalue weighted by Crippen LogP contribution is 2.40. The Hall–Kier alpha value is -3.00. The number of piperidine rings is 1. The largest absolute Gasteiger partial charge is 0.337 e. The van der Waals surface area contributed by atoms with Crippen molar-refractivity contribution in [1.82, 2.24) is 9.80 Å². The van der Waals surface area contributed by atoms with Crippen LogP contribution >= 0.6 is 0 Å². The van der Waals surface area contributed by atoms with Crippen molar-refractivity contribution < 1.29 is 22.8 Å². The second kappa shape index (κ2) is 9.57. The Balaban J connectivity index is 1.10. The summed E-state index contributed by atoms with van der Waals surface area (Å²) in [6.07, 6.45) is 5.21. The van der Waals surface area contributed by atoms with E-state index in [-0.39, 0.29) is 29.8 Å². The summed E-state index contributed by atoms with van der Waals surface area (Å²) in [6, 6.07) is 15.4. The van der Waals surface area contributed by atoms with Gasteiger partial charge in [0.05, 0.1) is 21.3 Å². The standard InChI is InChI=1S/C27H30N2O5S/c30-25(13-5-2-8-16-28-26(31)23-11-6-7-12-24(23)27(28)32)29-19-14-15-20(29)18-22(17-19)35(33,34)21-9-3-1-4-10-21/h1,3-4,6-7,9-12,19-20,22H,2,5,8,13-18H2. The molecule has 0 aliphatic carbocycles. The molecule has 0 aromatic heterocycles. The number of amides is 3. The van der Waals surface area contributed by atoms with E-state index in [1.165, 1.54) is 4.90 Å². The quantitative estimate of drug-likeness (QED) is 0.411. The third kappa shape index (κ3) is 4.40. The van der Waals surface area contributed by atoms with Gasteiger partial charge in [0.15, 0.2) is 9.84 Å². The van der Waals surface area contributed by atoms with Crippen molar-refractivity contribution >= 4 is 27.6 Å². The predicted octanol–water partition coefficient (Wildman–Crippen LogP) is 3.84. The number of benzene rings is 2. The van der Waals surface area contributed by atoms with Crippen molar-refractivity contribution in [2.45, 2.75) is 73.6 Å². The van der Waals surface area contributed by atoms with Crippen LogP contribution in [0.3, 0.4) is 0 Å². The van der Waals surface area contributed by atoms with Gasteiger partial charge < -0.3 is 4.90 Å². The number of sulfone groups is 1. The summed E-state index contributed by atoms with van der Waals surface area (Å²) in [4.78, 5) is 41.5. The van der Waals surface area contributed by atoms with Crippen LogP contribution in [0.1, 0.15) is 72.1 Å². The molecule has 0 spiro atoms. The van der Waals surface area contributed by atoms with Gasteiger partial charge in [-0.15, -0.1) is 0 Å². The first-order chi connectivity index (χ1) is 16.9. The summed E-state index contributed by atoms with van der Waals surface area (Å²) < 4.78 is 26.2. The van der Waals surface area contributed by atoms with Gasteiger partial charge in [-0.05, 0) is 62.8 Å². The zero-order valence-corrected chi connectivity index (χ0v) is 20.5. The molecule has 3 heterocycles. The molecule has 0 N–H and O–H groups in total. The molecule has 35 heavy (non-hydrogen) atoms. The van der Waals surface area contributed by atoms with Crippen molar-refractivity contribution in [3.63, 3.8) is 0 Å². The number of fused-ring (bicyclic) bond motifs is 3. The van der Waals surface area contributed by atoms with Crippen LogP contribution in [0.4, 0.5) is 0 Å². The second-order valence-corrected chi connectivity index (χ2v) is 12.0. The van der Waals surface area contributed by atoms with Gasteiger partial charge in [-0.3, -0.25) is 19.3 Å². The Morgan fingerprint density at radius 1 is 0.800 bits per heavy atom. The van der Waals surface area contributed by atoms with Crippen LogP contribution in [-0.4, -0.2) is 59.8 Å². The third-order valence-corrected chi connectivity index (χ3v) is 9.83. The Kier molecular flexibility index (Phi) is 6.49. The van der Waals surface area contributed by atoms with Crippen molar-refractivity contribution in [3.05, 3.63) is 65.7 Å². The average Bonchev–Trinajstić information content (AvgIpc) is 3.28. The Morgan fingerprint density at radius 2 is 1.37 bits per heavy atom. The van der Waals surface area contributed by atoms with Crippen LogP contribution in [0.2, 0.25) is 0 Å². The fraction of sp³-hybridized carbons (Fsp3) is 0.444. The maximum Gasteiger partial charge on any atom is 0.261 e. The minimum Gasteiger partial charge on any atom is -0.337 e. The lowest BCUT2D eigenvalue weighted by molar-refractivity contribution is -0.135. The SMILES string of the molecule is O=C1c2ccccc2C(=O)N1CCCCCC(=O)N1C2CCC1CC(S(=O)(=O)c1ccccc1)C2. The van der Waals surface area contributed by atoms with Crippen LogP contribution in [0.5, 0.6) is 0 Å². The zero-order valence-electron chi connectivity index (χ0n) is 19.6. The number of rotatable bonds is 8. The summed E-state index contributed by atoms with van der Waals surface area (Å²) in [5.41, 5.74) is 0.918. The maximum atomic E-state index is 13.1. The summed E-state index contributed by atoms with van der Waals surface area (Å²) >= 11 is 0. The van der Waals surface area contributed by atoms with Crippen LogP contribution in [0, 0.1) is 0 Å². The van der Waals surface area contributed by atoms with Crippen LogP contribution in [-0.2, 0) is 14.6 Å². The van der Waals surface area contributed by atoms with E-state index in [0.717, 1.165) is 19.3 Å². The van der Waals surface area contributed by atoms with Gasteiger partial charge in [0.25, 0.3) is 11.8 Å². The molecule has 184 valence electrons. The number of hydrogen-bond donors (Lipinski definition) is 0. The van der Waals surface area contributed by atoms with Gasteiger partial charge in [0, 0.05) is 25.0 Å². The van der Waals surface area contributed by atoms with Crippen LogP contribution in [0.25, 0.3) is 0 Å². The molecule has 2 aromatic rings. The molecule has 0 radical (unpaired) electrons. The number of hydrogen-bond acceptors (Lipinski definition) is 5. The molecule has 8 heteroatoms. The van der Waals surface area contributed by atoms with Gasteiger partial charge in [-0.1, -0.05) is 36.8 Å². The minimum atomic E-state index is -3.40. The summed E-state index contributed by atoms with van der Waals surface area (Å²) in [5.74, 6) is -0.396. The Morgan fingerprint density at radius 3 is 1.97 bits per heavy atom. The molecule has 2 aromatic carbocycles. The monoisotopic (exact) mass is 494 g/mol. The highest BCUT2D eigenvalue weighted by molar-refractivity contribution is 7.92. The number of imide groups is 1. The van der Waals surface area contributed by atoms with Gasteiger partial charge in [-0.2, -0.15) is 0 Å². The molecule has 5 rings (SSSR count). The average molecular weight is 495 g/mol. The lowest BCUT2D eigenvalue weighted by Gasteiger charge is -2.38. The van der Waals surface area contributed by atoms with E-state index < -0.39 is 15.1 Å². The Labute approximate surface area is 206 Å².